The summed E-state index contributed by atoms with van der Waals surface area (Å²) in [6.45, 7) is 2.60. The third kappa shape index (κ3) is 2.23. The zero-order chi connectivity index (χ0) is 13.2. The molecule has 0 radical (unpaired) electrons. The summed E-state index contributed by atoms with van der Waals surface area (Å²) in [5.74, 6) is -1.31. The van der Waals surface area contributed by atoms with Gasteiger partial charge in [0.25, 0.3) is 5.91 Å². The van der Waals surface area contributed by atoms with E-state index in [4.69, 9.17) is 0 Å². The summed E-state index contributed by atoms with van der Waals surface area (Å²) in [5, 5.41) is 15.9. The molecule has 1 amide bonds. The molecule has 98 valence electrons. The van der Waals surface area contributed by atoms with Crippen molar-refractivity contribution in [2.24, 2.45) is 0 Å². The van der Waals surface area contributed by atoms with E-state index in [9.17, 15) is 14.7 Å². The quantitative estimate of drug-likeness (QED) is 0.837. The lowest BCUT2D eigenvalue weighted by Gasteiger charge is -2.24. The van der Waals surface area contributed by atoms with Crippen LogP contribution in [0.3, 0.4) is 0 Å². The molecule has 1 fully saturated rings. The molecule has 18 heavy (non-hydrogen) atoms. The minimum atomic E-state index is -1.09. The summed E-state index contributed by atoms with van der Waals surface area (Å²) in [6, 6.07) is 0. The molecule has 1 saturated carbocycles. The Hall–Kier alpha value is -1.85. The molecule has 1 aromatic rings. The third-order valence-corrected chi connectivity index (χ3v) is 3.44. The van der Waals surface area contributed by atoms with Gasteiger partial charge in [-0.15, -0.1) is 0 Å². The second kappa shape index (κ2) is 4.80. The minimum absolute atomic E-state index is 0.362. The Kier molecular flexibility index (Phi) is 3.36. The Balaban J connectivity index is 2.12. The van der Waals surface area contributed by atoms with Crippen molar-refractivity contribution in [3.8, 4) is 0 Å². The number of aliphatic carboxylic acids is 1. The average Bonchev–Trinajstić information content (AvgIpc) is 2.97. The summed E-state index contributed by atoms with van der Waals surface area (Å²) in [4.78, 5) is 23.3. The van der Waals surface area contributed by atoms with Crippen molar-refractivity contribution in [2.75, 3.05) is 0 Å². The highest BCUT2D eigenvalue weighted by molar-refractivity contribution is 5.97. The molecule has 1 heterocycles. The highest BCUT2D eigenvalue weighted by Gasteiger charge is 2.42. The van der Waals surface area contributed by atoms with Crippen LogP contribution < -0.4 is 5.32 Å². The summed E-state index contributed by atoms with van der Waals surface area (Å²) >= 11 is 0. The van der Waals surface area contributed by atoms with E-state index in [1.807, 2.05) is 6.92 Å². The third-order valence-electron chi connectivity index (χ3n) is 3.44. The number of hydrogen-bond donors (Lipinski definition) is 2. The second-order valence-corrected chi connectivity index (χ2v) is 4.63. The van der Waals surface area contributed by atoms with E-state index in [1.54, 1.807) is 10.9 Å². The summed E-state index contributed by atoms with van der Waals surface area (Å²) < 4.78 is 1.64. The van der Waals surface area contributed by atoms with Crippen molar-refractivity contribution in [3.63, 3.8) is 0 Å². The molecule has 1 aromatic heterocycles. The van der Waals surface area contributed by atoms with Crippen molar-refractivity contribution in [1.82, 2.24) is 15.1 Å². The van der Waals surface area contributed by atoms with Gasteiger partial charge in [0, 0.05) is 12.7 Å². The van der Waals surface area contributed by atoms with Crippen LogP contribution in [-0.4, -0.2) is 32.3 Å². The molecule has 0 spiro atoms. The Morgan fingerprint density at radius 3 is 2.67 bits per heavy atom. The number of nitrogens with one attached hydrogen (secondary N) is 1. The zero-order valence-corrected chi connectivity index (χ0v) is 10.3. The lowest BCUT2D eigenvalue weighted by atomic mass is 9.97. The van der Waals surface area contributed by atoms with Crippen molar-refractivity contribution in [3.05, 3.63) is 18.0 Å². The second-order valence-electron chi connectivity index (χ2n) is 4.63. The van der Waals surface area contributed by atoms with Crippen LogP contribution in [0.25, 0.3) is 0 Å². The van der Waals surface area contributed by atoms with Crippen molar-refractivity contribution in [1.29, 1.82) is 0 Å². The molecule has 0 atom stereocenters. The van der Waals surface area contributed by atoms with Gasteiger partial charge in [-0.2, -0.15) is 5.10 Å². The van der Waals surface area contributed by atoms with Crippen LogP contribution in [0.5, 0.6) is 0 Å². The van der Waals surface area contributed by atoms with E-state index in [0.717, 1.165) is 12.8 Å². The van der Waals surface area contributed by atoms with Gasteiger partial charge in [0.15, 0.2) is 0 Å². The van der Waals surface area contributed by atoms with Crippen LogP contribution >= 0.6 is 0 Å². The number of hydrogen-bond acceptors (Lipinski definition) is 3. The molecule has 0 unspecified atom stereocenters. The molecular weight excluding hydrogens is 234 g/mol. The predicted molar refractivity (Wildman–Crippen MR) is 64.2 cm³/mol. The van der Waals surface area contributed by atoms with Crippen LogP contribution in [0.1, 0.15) is 43.0 Å². The standard InChI is InChI=1S/C12H17N3O3/c1-2-15-8-9(7-13-15)10(16)14-12(11(17)18)5-3-4-6-12/h7-8H,2-6H2,1H3,(H,14,16)(H,17,18). The molecule has 1 aliphatic carbocycles. The van der Waals surface area contributed by atoms with Gasteiger partial charge in [0.1, 0.15) is 5.54 Å². The van der Waals surface area contributed by atoms with Crippen molar-refractivity contribution in [2.45, 2.75) is 44.7 Å². The number of carbonyl (C=O) groups is 2. The highest BCUT2D eigenvalue weighted by Crippen LogP contribution is 2.30. The summed E-state index contributed by atoms with van der Waals surface area (Å²) in [5.41, 5.74) is -0.685. The number of carbonyl (C=O) groups excluding carboxylic acids is 1. The highest BCUT2D eigenvalue weighted by atomic mass is 16.4. The molecule has 0 saturated heterocycles. The number of aromatic nitrogens is 2. The zero-order valence-electron chi connectivity index (χ0n) is 10.3. The number of carboxylic acids is 1. The fourth-order valence-electron chi connectivity index (χ4n) is 2.31. The van der Waals surface area contributed by atoms with Crippen LogP contribution in [0.4, 0.5) is 0 Å². The number of aryl methyl sites for hydroxylation is 1. The average molecular weight is 251 g/mol. The Morgan fingerprint density at radius 1 is 1.50 bits per heavy atom. The van der Waals surface area contributed by atoms with E-state index in [0.29, 0.717) is 24.9 Å². The Labute approximate surface area is 105 Å². The van der Waals surface area contributed by atoms with Gasteiger partial charge >= 0.3 is 5.97 Å². The summed E-state index contributed by atoms with van der Waals surface area (Å²) in [6.07, 6.45) is 5.75. The van der Waals surface area contributed by atoms with Gasteiger partial charge in [-0.3, -0.25) is 9.48 Å². The first-order valence-corrected chi connectivity index (χ1v) is 6.16. The molecule has 2 rings (SSSR count). The van der Waals surface area contributed by atoms with Gasteiger partial charge in [-0.05, 0) is 19.8 Å². The molecule has 6 nitrogen and oxygen atoms in total. The largest absolute Gasteiger partial charge is 0.480 e. The van der Waals surface area contributed by atoms with Crippen LogP contribution in [0, 0.1) is 0 Å². The van der Waals surface area contributed by atoms with Gasteiger partial charge in [-0.25, -0.2) is 4.79 Å². The Bertz CT molecular complexity index is 461. The SMILES string of the molecule is CCn1cc(C(=O)NC2(C(=O)O)CCCC2)cn1. The molecule has 0 aliphatic heterocycles. The first-order valence-electron chi connectivity index (χ1n) is 6.16. The molecule has 6 heteroatoms. The Morgan fingerprint density at radius 2 is 2.17 bits per heavy atom. The van der Waals surface area contributed by atoms with Crippen LogP contribution in [-0.2, 0) is 11.3 Å². The van der Waals surface area contributed by atoms with Gasteiger partial charge in [-0.1, -0.05) is 12.8 Å². The van der Waals surface area contributed by atoms with Gasteiger partial charge in [0.05, 0.1) is 11.8 Å². The fraction of sp³-hybridized carbons (Fsp3) is 0.583. The first-order chi connectivity index (χ1) is 8.57. The number of nitrogens with zero attached hydrogens (tertiary/aromatic N) is 2. The lowest BCUT2D eigenvalue weighted by Crippen LogP contribution is -2.52. The van der Waals surface area contributed by atoms with Crippen molar-refractivity contribution >= 4 is 11.9 Å². The van der Waals surface area contributed by atoms with E-state index >= 15 is 0 Å². The van der Waals surface area contributed by atoms with Crippen LogP contribution in [0.15, 0.2) is 12.4 Å². The summed E-state index contributed by atoms with van der Waals surface area (Å²) in [7, 11) is 0. The van der Waals surface area contributed by atoms with E-state index < -0.39 is 11.5 Å². The molecule has 0 aromatic carbocycles. The maximum absolute atomic E-state index is 12.0. The minimum Gasteiger partial charge on any atom is -0.480 e. The number of rotatable bonds is 4. The van der Waals surface area contributed by atoms with E-state index in [2.05, 4.69) is 10.4 Å². The van der Waals surface area contributed by atoms with Gasteiger partial charge < -0.3 is 10.4 Å². The fourth-order valence-corrected chi connectivity index (χ4v) is 2.31. The van der Waals surface area contributed by atoms with Crippen LogP contribution in [0.2, 0.25) is 0 Å². The lowest BCUT2D eigenvalue weighted by molar-refractivity contribution is -0.144. The molecular formula is C12H17N3O3. The smallest absolute Gasteiger partial charge is 0.329 e. The molecule has 0 bridgehead atoms. The van der Waals surface area contributed by atoms with Gasteiger partial charge in [0.2, 0.25) is 0 Å². The first kappa shape index (κ1) is 12.6. The maximum atomic E-state index is 12.0. The monoisotopic (exact) mass is 251 g/mol. The normalized spacial score (nSPS) is 17.6. The van der Waals surface area contributed by atoms with E-state index in [1.165, 1.54) is 6.20 Å². The van der Waals surface area contributed by atoms with E-state index in [-0.39, 0.29) is 5.91 Å². The molecule has 1 aliphatic rings. The maximum Gasteiger partial charge on any atom is 0.329 e. The molecule has 2 N–H and O–H groups in total. The number of amides is 1. The predicted octanol–water partition coefficient (Wildman–Crippen LogP) is 1.03. The topological polar surface area (TPSA) is 84.2 Å². The number of carboxylic acid groups (broad SMARTS) is 1. The van der Waals surface area contributed by atoms with Crippen molar-refractivity contribution < 1.29 is 14.7 Å².